The summed E-state index contributed by atoms with van der Waals surface area (Å²) in [6.45, 7) is 0. The van der Waals surface area contributed by atoms with Crippen molar-refractivity contribution in [1.82, 2.24) is 19.2 Å². The molecule has 0 amide bonds. The van der Waals surface area contributed by atoms with Crippen LogP contribution in [-0.2, 0) is 0 Å². The topological polar surface area (TPSA) is 52.2 Å². The van der Waals surface area contributed by atoms with Crippen molar-refractivity contribution in [2.75, 3.05) is 0 Å². The number of hydrogen-bond acceptors (Lipinski definition) is 3. The van der Waals surface area contributed by atoms with Crippen molar-refractivity contribution >= 4 is 41.0 Å². The summed E-state index contributed by atoms with van der Waals surface area (Å²) in [6, 6.07) is 14.0. The average Bonchev–Trinajstić information content (AvgIpc) is 2.97. The molecule has 3 heterocycles. The molecule has 4 rings (SSSR count). The predicted octanol–water partition coefficient (Wildman–Crippen LogP) is 4.36. The number of hydrogen-bond donors (Lipinski definition) is 0. The van der Waals surface area contributed by atoms with Crippen LogP contribution in [-0.4, -0.2) is 19.2 Å². The largest absolute Gasteiger partial charge is 0.273 e. The van der Waals surface area contributed by atoms with E-state index < -0.39 is 0 Å². The van der Waals surface area contributed by atoms with Crippen molar-refractivity contribution in [3.05, 3.63) is 92.7 Å². The summed E-state index contributed by atoms with van der Waals surface area (Å²) in [6.07, 6.45) is 7.05. The van der Waals surface area contributed by atoms with Crippen LogP contribution in [0, 0.1) is 0 Å². The molecule has 0 aliphatic carbocycles. The van der Waals surface area contributed by atoms with Crippen molar-refractivity contribution in [3.63, 3.8) is 0 Å². The lowest BCUT2D eigenvalue weighted by molar-refractivity contribution is 0.764. The number of benzene rings is 1. The van der Waals surface area contributed by atoms with E-state index in [1.807, 2.05) is 24.3 Å². The number of pyridine rings is 1. The molecule has 0 spiro atoms. The van der Waals surface area contributed by atoms with E-state index in [9.17, 15) is 4.79 Å². The normalized spacial score (nSPS) is 11.5. The Labute approximate surface area is 158 Å². The zero-order chi connectivity index (χ0) is 18.1. The molecule has 0 bridgehead atoms. The lowest BCUT2D eigenvalue weighted by Crippen LogP contribution is -2.20. The fourth-order valence-electron chi connectivity index (χ4n) is 2.66. The van der Waals surface area contributed by atoms with Crippen LogP contribution in [0.2, 0.25) is 10.2 Å². The number of rotatable bonds is 3. The second kappa shape index (κ2) is 6.78. The van der Waals surface area contributed by atoms with Gasteiger partial charge in [0.1, 0.15) is 5.15 Å². The Morgan fingerprint density at radius 1 is 1.00 bits per heavy atom. The van der Waals surface area contributed by atoms with Crippen LogP contribution in [0.15, 0.2) is 65.7 Å². The Morgan fingerprint density at radius 2 is 1.88 bits per heavy atom. The first kappa shape index (κ1) is 16.6. The van der Waals surface area contributed by atoms with Crippen molar-refractivity contribution in [2.24, 2.45) is 0 Å². The van der Waals surface area contributed by atoms with Crippen molar-refractivity contribution in [2.45, 2.75) is 0 Å². The van der Waals surface area contributed by atoms with Gasteiger partial charge in [-0.3, -0.25) is 9.78 Å². The van der Waals surface area contributed by atoms with E-state index in [0.717, 1.165) is 5.56 Å². The SMILES string of the molecule is O=c1cc(C=Cc2cccnc2)nc2cc(Cl)n(-c3cccc(Cl)c3)n12. The lowest BCUT2D eigenvalue weighted by Gasteiger charge is -2.08. The molecule has 0 radical (unpaired) electrons. The van der Waals surface area contributed by atoms with Gasteiger partial charge in [0.25, 0.3) is 5.56 Å². The monoisotopic (exact) mass is 382 g/mol. The third kappa shape index (κ3) is 3.14. The van der Waals surface area contributed by atoms with Crippen LogP contribution in [0.4, 0.5) is 0 Å². The van der Waals surface area contributed by atoms with E-state index >= 15 is 0 Å². The van der Waals surface area contributed by atoms with E-state index in [1.165, 1.54) is 10.6 Å². The summed E-state index contributed by atoms with van der Waals surface area (Å²) in [5, 5.41) is 0.919. The molecule has 0 saturated heterocycles. The Bertz CT molecular complexity index is 1180. The molecule has 5 nitrogen and oxygen atoms in total. The minimum Gasteiger partial charge on any atom is -0.267 e. The van der Waals surface area contributed by atoms with Crippen LogP contribution in [0.3, 0.4) is 0 Å². The molecule has 26 heavy (non-hydrogen) atoms. The maximum absolute atomic E-state index is 12.7. The molecule has 1 aromatic carbocycles. The van der Waals surface area contributed by atoms with Crippen LogP contribution in [0.25, 0.3) is 23.5 Å². The molecule has 0 N–H and O–H groups in total. The smallest absolute Gasteiger partial charge is 0.267 e. The first-order valence-electron chi connectivity index (χ1n) is 7.77. The first-order chi connectivity index (χ1) is 12.6. The molecule has 4 aromatic rings. The summed E-state index contributed by atoms with van der Waals surface area (Å²) < 4.78 is 2.99. The van der Waals surface area contributed by atoms with Gasteiger partial charge in [-0.2, -0.15) is 4.52 Å². The highest BCUT2D eigenvalue weighted by Crippen LogP contribution is 2.21. The fourth-order valence-corrected chi connectivity index (χ4v) is 3.11. The molecular weight excluding hydrogens is 371 g/mol. The Kier molecular flexibility index (Phi) is 4.32. The highest BCUT2D eigenvalue weighted by molar-refractivity contribution is 6.31. The number of nitrogens with zero attached hydrogens (tertiary/aromatic N) is 4. The maximum atomic E-state index is 12.7. The summed E-state index contributed by atoms with van der Waals surface area (Å²) in [7, 11) is 0. The molecule has 3 aromatic heterocycles. The van der Waals surface area contributed by atoms with Crippen LogP contribution in [0.1, 0.15) is 11.3 Å². The predicted molar refractivity (Wildman–Crippen MR) is 104 cm³/mol. The fraction of sp³-hybridized carbons (Fsp3) is 0. The van der Waals surface area contributed by atoms with Crippen molar-refractivity contribution < 1.29 is 0 Å². The van der Waals surface area contributed by atoms with Gasteiger partial charge in [-0.05, 0) is 35.9 Å². The third-order valence-corrected chi connectivity index (χ3v) is 4.28. The van der Waals surface area contributed by atoms with Crippen LogP contribution < -0.4 is 5.56 Å². The van der Waals surface area contributed by atoms with Crippen molar-refractivity contribution in [1.29, 1.82) is 0 Å². The molecular formula is C19H12Cl2N4O. The van der Waals surface area contributed by atoms with E-state index in [0.29, 0.717) is 27.2 Å². The lowest BCUT2D eigenvalue weighted by atomic mass is 10.2. The molecule has 0 fully saturated rings. The van der Waals surface area contributed by atoms with Gasteiger partial charge in [-0.1, -0.05) is 41.4 Å². The zero-order valence-electron chi connectivity index (χ0n) is 13.4. The van der Waals surface area contributed by atoms with Gasteiger partial charge in [-0.25, -0.2) is 9.67 Å². The minimum atomic E-state index is -0.243. The Morgan fingerprint density at radius 3 is 2.65 bits per heavy atom. The maximum Gasteiger partial charge on any atom is 0.273 e. The van der Waals surface area contributed by atoms with Gasteiger partial charge in [0.2, 0.25) is 0 Å². The summed E-state index contributed by atoms with van der Waals surface area (Å²) >= 11 is 12.4. The van der Waals surface area contributed by atoms with E-state index in [4.69, 9.17) is 23.2 Å². The highest BCUT2D eigenvalue weighted by atomic mass is 35.5. The van der Waals surface area contributed by atoms with Crippen LogP contribution >= 0.6 is 23.2 Å². The van der Waals surface area contributed by atoms with Gasteiger partial charge in [0.15, 0.2) is 5.65 Å². The highest BCUT2D eigenvalue weighted by Gasteiger charge is 2.12. The second-order valence-corrected chi connectivity index (χ2v) is 6.39. The zero-order valence-corrected chi connectivity index (χ0v) is 14.9. The number of fused-ring (bicyclic) bond motifs is 1. The van der Waals surface area contributed by atoms with Crippen LogP contribution in [0.5, 0.6) is 0 Å². The van der Waals surface area contributed by atoms with Gasteiger partial charge < -0.3 is 0 Å². The molecule has 7 heteroatoms. The van der Waals surface area contributed by atoms with E-state index in [-0.39, 0.29) is 5.56 Å². The average molecular weight is 383 g/mol. The van der Waals surface area contributed by atoms with E-state index in [2.05, 4.69) is 9.97 Å². The Balaban J connectivity index is 1.83. The van der Waals surface area contributed by atoms with Gasteiger partial charge >= 0.3 is 0 Å². The summed E-state index contributed by atoms with van der Waals surface area (Å²) in [5.74, 6) is 0. The number of halogens is 2. The Hall–Kier alpha value is -2.89. The quantitative estimate of drug-likeness (QED) is 0.528. The van der Waals surface area contributed by atoms with Crippen molar-refractivity contribution in [3.8, 4) is 5.69 Å². The molecule has 0 aliphatic rings. The number of aromatic nitrogens is 4. The minimum absolute atomic E-state index is 0.243. The second-order valence-electron chi connectivity index (χ2n) is 5.57. The molecule has 0 unspecified atom stereocenters. The third-order valence-electron chi connectivity index (χ3n) is 3.78. The van der Waals surface area contributed by atoms with E-state index in [1.54, 1.807) is 47.4 Å². The van der Waals surface area contributed by atoms with Gasteiger partial charge in [0, 0.05) is 29.5 Å². The van der Waals surface area contributed by atoms with Gasteiger partial charge in [-0.15, -0.1) is 0 Å². The standard InChI is InChI=1S/C19H12Cl2N4O/c20-14-4-1-5-16(9-14)24-17(21)11-18-23-15(10-19(26)25(18)24)7-6-13-3-2-8-22-12-13/h1-12H. The van der Waals surface area contributed by atoms with Gasteiger partial charge in [0.05, 0.1) is 11.4 Å². The molecule has 0 aliphatic heterocycles. The first-order valence-corrected chi connectivity index (χ1v) is 8.53. The molecule has 0 atom stereocenters. The molecule has 128 valence electrons. The molecule has 0 saturated carbocycles. The summed E-state index contributed by atoms with van der Waals surface area (Å²) in [5.41, 5.74) is 2.35. The summed E-state index contributed by atoms with van der Waals surface area (Å²) in [4.78, 5) is 21.2.